The minimum atomic E-state index is -0.230. The quantitative estimate of drug-likeness (QED) is 0.372. The summed E-state index contributed by atoms with van der Waals surface area (Å²) < 4.78 is 13.2. The lowest BCUT2D eigenvalue weighted by Gasteiger charge is -2.11. The van der Waals surface area contributed by atoms with E-state index in [1.165, 1.54) is 12.1 Å². The second kappa shape index (κ2) is 11.0. The highest BCUT2D eigenvalue weighted by Gasteiger charge is 1.99. The van der Waals surface area contributed by atoms with E-state index in [0.717, 1.165) is 49.8 Å². The number of nitrogens with one attached hydrogen (secondary N) is 3. The van der Waals surface area contributed by atoms with Crippen LogP contribution >= 0.6 is 0 Å². The lowest BCUT2D eigenvalue weighted by molar-refractivity contribution is 0.625. The smallest absolute Gasteiger partial charge is 0.191 e. The van der Waals surface area contributed by atoms with Gasteiger partial charge in [0.2, 0.25) is 0 Å². The topological polar surface area (TPSA) is 61.3 Å². The van der Waals surface area contributed by atoms with Gasteiger partial charge in [-0.05, 0) is 49.6 Å². The van der Waals surface area contributed by atoms with Gasteiger partial charge in [-0.2, -0.15) is 0 Å². The largest absolute Gasteiger partial charge is 0.370 e. The Morgan fingerprint density at radius 1 is 1.08 bits per heavy atom. The average molecular weight is 343 g/mol. The van der Waals surface area contributed by atoms with Gasteiger partial charge in [0, 0.05) is 25.8 Å². The van der Waals surface area contributed by atoms with Gasteiger partial charge in [-0.1, -0.05) is 18.2 Å². The summed E-state index contributed by atoms with van der Waals surface area (Å²) in [6.45, 7) is 4.98. The van der Waals surface area contributed by atoms with Crippen LogP contribution in [0.4, 0.5) is 10.2 Å². The Balaban J connectivity index is 1.67. The van der Waals surface area contributed by atoms with E-state index in [0.29, 0.717) is 6.54 Å². The zero-order valence-electron chi connectivity index (χ0n) is 14.6. The molecular weight excluding hydrogens is 317 g/mol. The molecule has 0 bridgehead atoms. The predicted molar refractivity (Wildman–Crippen MR) is 101 cm³/mol. The van der Waals surface area contributed by atoms with Crippen LogP contribution in [-0.4, -0.2) is 30.6 Å². The zero-order valence-corrected chi connectivity index (χ0v) is 14.6. The number of rotatable bonds is 9. The van der Waals surface area contributed by atoms with Gasteiger partial charge in [0.15, 0.2) is 5.96 Å². The van der Waals surface area contributed by atoms with Crippen LogP contribution in [0.5, 0.6) is 0 Å². The Morgan fingerprint density at radius 2 is 1.96 bits per heavy atom. The molecule has 0 atom stereocenters. The number of guanidine groups is 1. The van der Waals surface area contributed by atoms with Crippen molar-refractivity contribution in [3.8, 4) is 0 Å². The minimum absolute atomic E-state index is 0.230. The van der Waals surface area contributed by atoms with E-state index in [1.807, 2.05) is 31.2 Å². The van der Waals surface area contributed by atoms with Crippen molar-refractivity contribution in [3.05, 3.63) is 60.0 Å². The molecule has 0 aliphatic rings. The van der Waals surface area contributed by atoms with Crippen LogP contribution in [0.2, 0.25) is 0 Å². The summed E-state index contributed by atoms with van der Waals surface area (Å²) >= 11 is 0. The molecule has 0 spiro atoms. The van der Waals surface area contributed by atoms with E-state index in [1.54, 1.807) is 12.3 Å². The first kappa shape index (κ1) is 18.7. The van der Waals surface area contributed by atoms with Crippen molar-refractivity contribution >= 4 is 11.8 Å². The van der Waals surface area contributed by atoms with Crippen LogP contribution in [-0.2, 0) is 6.54 Å². The molecule has 25 heavy (non-hydrogen) atoms. The maximum atomic E-state index is 13.2. The zero-order chi connectivity index (χ0) is 17.7. The van der Waals surface area contributed by atoms with Gasteiger partial charge in [0.05, 0.1) is 6.54 Å². The highest BCUT2D eigenvalue weighted by molar-refractivity contribution is 5.79. The molecule has 1 aromatic heterocycles. The summed E-state index contributed by atoms with van der Waals surface area (Å²) in [6.07, 6.45) is 3.83. The predicted octanol–water partition coefficient (Wildman–Crippen LogP) is 3.17. The third-order valence-electron chi connectivity index (χ3n) is 3.52. The Kier molecular flexibility index (Phi) is 8.24. The molecule has 0 unspecified atom stereocenters. The average Bonchev–Trinajstić information content (AvgIpc) is 2.63. The van der Waals surface area contributed by atoms with E-state index in [2.05, 4.69) is 25.9 Å². The molecule has 0 fully saturated rings. The highest BCUT2D eigenvalue weighted by Crippen LogP contribution is 2.04. The molecule has 2 aromatic rings. The van der Waals surface area contributed by atoms with Gasteiger partial charge in [-0.3, -0.25) is 0 Å². The summed E-state index contributed by atoms with van der Waals surface area (Å²) in [5.41, 5.74) is 0.858. The Bertz CT molecular complexity index is 645. The van der Waals surface area contributed by atoms with Crippen molar-refractivity contribution < 1.29 is 4.39 Å². The summed E-state index contributed by atoms with van der Waals surface area (Å²) in [7, 11) is 0. The van der Waals surface area contributed by atoms with E-state index in [4.69, 9.17) is 0 Å². The Hall–Kier alpha value is -2.63. The first-order valence-electron chi connectivity index (χ1n) is 8.69. The number of unbranched alkanes of at least 4 members (excludes halogenated alkanes) is 1. The van der Waals surface area contributed by atoms with Gasteiger partial charge >= 0.3 is 0 Å². The molecule has 0 amide bonds. The number of halogens is 1. The van der Waals surface area contributed by atoms with Crippen LogP contribution in [0.15, 0.2) is 53.7 Å². The van der Waals surface area contributed by atoms with Crippen molar-refractivity contribution in [3.63, 3.8) is 0 Å². The molecule has 1 heterocycles. The molecule has 2 rings (SSSR count). The fourth-order valence-corrected chi connectivity index (χ4v) is 2.29. The molecule has 0 aliphatic heterocycles. The number of hydrogen-bond donors (Lipinski definition) is 3. The van der Waals surface area contributed by atoms with Crippen LogP contribution in [0, 0.1) is 5.82 Å². The monoisotopic (exact) mass is 343 g/mol. The van der Waals surface area contributed by atoms with Crippen molar-refractivity contribution in [2.45, 2.75) is 26.3 Å². The number of anilines is 1. The number of aliphatic imine (C=N–C) groups is 1. The third kappa shape index (κ3) is 7.65. The van der Waals surface area contributed by atoms with Crippen molar-refractivity contribution in [2.24, 2.45) is 4.99 Å². The third-order valence-corrected chi connectivity index (χ3v) is 3.52. The molecule has 0 aliphatic carbocycles. The second-order valence-electron chi connectivity index (χ2n) is 5.60. The first-order valence-corrected chi connectivity index (χ1v) is 8.69. The van der Waals surface area contributed by atoms with E-state index in [-0.39, 0.29) is 5.82 Å². The molecule has 1 aromatic carbocycles. The minimum Gasteiger partial charge on any atom is -0.370 e. The second-order valence-corrected chi connectivity index (χ2v) is 5.60. The molecule has 0 saturated heterocycles. The summed E-state index contributed by atoms with van der Waals surface area (Å²) in [6, 6.07) is 12.4. The fraction of sp³-hybridized carbons (Fsp3) is 0.368. The molecular formula is C19H26FN5. The van der Waals surface area contributed by atoms with Crippen molar-refractivity contribution in [1.82, 2.24) is 15.6 Å². The Labute approximate surface area is 148 Å². The van der Waals surface area contributed by atoms with Gasteiger partial charge in [0.1, 0.15) is 11.6 Å². The highest BCUT2D eigenvalue weighted by atomic mass is 19.1. The first-order chi connectivity index (χ1) is 12.3. The molecule has 134 valence electrons. The Morgan fingerprint density at radius 3 is 2.72 bits per heavy atom. The van der Waals surface area contributed by atoms with E-state index >= 15 is 0 Å². The maximum absolute atomic E-state index is 13.2. The normalized spacial score (nSPS) is 11.2. The lowest BCUT2D eigenvalue weighted by atomic mass is 10.2. The lowest BCUT2D eigenvalue weighted by Crippen LogP contribution is -2.37. The van der Waals surface area contributed by atoms with E-state index in [9.17, 15) is 4.39 Å². The number of pyridine rings is 1. The van der Waals surface area contributed by atoms with Crippen LogP contribution in [0.25, 0.3) is 0 Å². The molecule has 6 heteroatoms. The van der Waals surface area contributed by atoms with Crippen LogP contribution in [0.1, 0.15) is 25.3 Å². The fourth-order valence-electron chi connectivity index (χ4n) is 2.29. The molecule has 0 radical (unpaired) electrons. The molecule has 3 N–H and O–H groups in total. The van der Waals surface area contributed by atoms with E-state index < -0.39 is 0 Å². The van der Waals surface area contributed by atoms with Crippen LogP contribution in [0.3, 0.4) is 0 Å². The van der Waals surface area contributed by atoms with Crippen molar-refractivity contribution in [1.29, 1.82) is 0 Å². The number of nitrogens with zero attached hydrogens (tertiary/aromatic N) is 2. The summed E-state index contributed by atoms with van der Waals surface area (Å²) in [5.74, 6) is 1.43. The van der Waals surface area contributed by atoms with Gasteiger partial charge in [-0.25, -0.2) is 14.4 Å². The maximum Gasteiger partial charge on any atom is 0.191 e. The SMILES string of the molecule is CCNC(=NCc1cccc(F)c1)NCCCCNc1ccccn1. The standard InChI is InChI=1S/C19H26FN5/c1-2-21-19(25-15-16-8-7-9-17(20)14-16)24-13-6-5-12-23-18-10-3-4-11-22-18/h3-4,7-11,14H,2,5-6,12-13,15H2,1H3,(H,22,23)(H2,21,24,25). The van der Waals surface area contributed by atoms with Crippen molar-refractivity contribution in [2.75, 3.05) is 25.0 Å². The van der Waals surface area contributed by atoms with Crippen LogP contribution < -0.4 is 16.0 Å². The summed E-state index contributed by atoms with van der Waals surface area (Å²) in [4.78, 5) is 8.72. The molecule has 0 saturated carbocycles. The van der Waals surface area contributed by atoms with Gasteiger partial charge in [-0.15, -0.1) is 0 Å². The number of hydrogen-bond acceptors (Lipinski definition) is 3. The van der Waals surface area contributed by atoms with Gasteiger partial charge < -0.3 is 16.0 Å². The number of aromatic nitrogens is 1. The van der Waals surface area contributed by atoms with Gasteiger partial charge in [0.25, 0.3) is 0 Å². The number of benzene rings is 1. The molecule has 5 nitrogen and oxygen atoms in total. The summed E-state index contributed by atoms with van der Waals surface area (Å²) in [5, 5.41) is 9.80.